The fraction of sp³-hybridized carbons (Fsp3) is 0.700. The second kappa shape index (κ2) is 4.00. The number of aromatic amines is 1. The van der Waals surface area contributed by atoms with Gasteiger partial charge in [-0.3, -0.25) is 5.10 Å². The van der Waals surface area contributed by atoms with E-state index in [0.717, 1.165) is 30.0 Å². The predicted molar refractivity (Wildman–Crippen MR) is 59.4 cm³/mol. The largest absolute Gasteiger partial charge is 0.382 e. The Bertz CT molecular complexity index is 276. The lowest BCUT2D eigenvalue weighted by molar-refractivity contribution is 0.490. The highest BCUT2D eigenvalue weighted by Crippen LogP contribution is 2.16. The molecule has 0 unspecified atom stereocenters. The highest BCUT2D eigenvalue weighted by atomic mass is 15.1. The molecule has 0 aromatic carbocycles. The summed E-state index contributed by atoms with van der Waals surface area (Å²) in [4.78, 5) is 0. The molecule has 0 aliphatic rings. The molecule has 0 fully saturated rings. The summed E-state index contributed by atoms with van der Waals surface area (Å²) >= 11 is 0. The molecule has 4 heteroatoms. The Balaban J connectivity index is 2.46. The Morgan fingerprint density at radius 1 is 1.43 bits per heavy atom. The summed E-state index contributed by atoms with van der Waals surface area (Å²) in [5.41, 5.74) is 8.97. The zero-order valence-corrected chi connectivity index (χ0v) is 9.44. The van der Waals surface area contributed by atoms with E-state index in [0.29, 0.717) is 0 Å². The topological polar surface area (TPSA) is 66.7 Å². The van der Waals surface area contributed by atoms with Gasteiger partial charge in [0, 0.05) is 12.1 Å². The van der Waals surface area contributed by atoms with Gasteiger partial charge in [-0.1, -0.05) is 0 Å². The maximum Gasteiger partial charge on any atom is 0.0825 e. The molecule has 0 spiro atoms. The van der Waals surface area contributed by atoms with Crippen molar-refractivity contribution in [3.63, 3.8) is 0 Å². The van der Waals surface area contributed by atoms with Gasteiger partial charge in [0.2, 0.25) is 0 Å². The maximum atomic E-state index is 5.89. The monoisotopic (exact) mass is 196 g/mol. The number of rotatable bonds is 4. The van der Waals surface area contributed by atoms with Gasteiger partial charge in [0.25, 0.3) is 0 Å². The third-order valence-electron chi connectivity index (χ3n) is 2.20. The van der Waals surface area contributed by atoms with Crippen molar-refractivity contribution in [3.05, 3.63) is 11.4 Å². The second-order valence-electron chi connectivity index (χ2n) is 4.47. The number of aryl methyl sites for hydroxylation is 2. The molecule has 0 atom stereocenters. The lowest BCUT2D eigenvalue weighted by atomic mass is 10.0. The SMILES string of the molecule is Cc1n[nH]c(C)c1NCCC(C)(C)N. The zero-order valence-electron chi connectivity index (χ0n) is 9.44. The highest BCUT2D eigenvalue weighted by molar-refractivity contribution is 5.51. The van der Waals surface area contributed by atoms with E-state index in [9.17, 15) is 0 Å². The summed E-state index contributed by atoms with van der Waals surface area (Å²) in [5, 5.41) is 10.4. The molecule has 0 aliphatic carbocycles. The van der Waals surface area contributed by atoms with Gasteiger partial charge in [-0.05, 0) is 34.1 Å². The Labute approximate surface area is 85.3 Å². The van der Waals surface area contributed by atoms with E-state index in [2.05, 4.69) is 15.5 Å². The lowest BCUT2D eigenvalue weighted by Crippen LogP contribution is -2.34. The molecule has 0 saturated carbocycles. The zero-order chi connectivity index (χ0) is 10.8. The average molecular weight is 196 g/mol. The summed E-state index contributed by atoms with van der Waals surface area (Å²) in [5.74, 6) is 0. The minimum atomic E-state index is -0.113. The molecule has 0 bridgehead atoms. The summed E-state index contributed by atoms with van der Waals surface area (Å²) in [7, 11) is 0. The van der Waals surface area contributed by atoms with E-state index in [4.69, 9.17) is 5.73 Å². The first kappa shape index (κ1) is 11.0. The molecular weight excluding hydrogens is 176 g/mol. The first-order valence-corrected chi connectivity index (χ1v) is 4.94. The Hall–Kier alpha value is -1.03. The molecule has 0 radical (unpaired) electrons. The van der Waals surface area contributed by atoms with Crippen molar-refractivity contribution < 1.29 is 0 Å². The Morgan fingerprint density at radius 2 is 2.07 bits per heavy atom. The van der Waals surface area contributed by atoms with Crippen molar-refractivity contribution in [2.45, 2.75) is 39.7 Å². The normalized spacial score (nSPS) is 11.8. The molecule has 14 heavy (non-hydrogen) atoms. The van der Waals surface area contributed by atoms with Crippen molar-refractivity contribution in [2.24, 2.45) is 5.73 Å². The van der Waals surface area contributed by atoms with E-state index in [1.807, 2.05) is 27.7 Å². The molecule has 80 valence electrons. The standard InChI is InChI=1S/C10H20N4/c1-7-9(8(2)14-13-7)12-6-5-10(3,4)11/h12H,5-6,11H2,1-4H3,(H,13,14). The predicted octanol–water partition coefficient (Wildman–Crippen LogP) is 1.57. The van der Waals surface area contributed by atoms with Gasteiger partial charge >= 0.3 is 0 Å². The molecule has 1 aromatic heterocycles. The van der Waals surface area contributed by atoms with Gasteiger partial charge < -0.3 is 11.1 Å². The third-order valence-corrected chi connectivity index (χ3v) is 2.20. The van der Waals surface area contributed by atoms with Gasteiger partial charge in [-0.2, -0.15) is 5.10 Å². The summed E-state index contributed by atoms with van der Waals surface area (Å²) in [6.07, 6.45) is 0.942. The van der Waals surface area contributed by atoms with Gasteiger partial charge in [-0.15, -0.1) is 0 Å². The van der Waals surface area contributed by atoms with E-state index in [-0.39, 0.29) is 5.54 Å². The third kappa shape index (κ3) is 3.03. The number of nitrogens with one attached hydrogen (secondary N) is 2. The van der Waals surface area contributed by atoms with Crippen molar-refractivity contribution in [1.29, 1.82) is 0 Å². The molecule has 1 rings (SSSR count). The molecule has 0 saturated heterocycles. The first-order chi connectivity index (χ1) is 6.40. The van der Waals surface area contributed by atoms with Crippen LogP contribution in [-0.4, -0.2) is 22.3 Å². The minimum Gasteiger partial charge on any atom is -0.382 e. The van der Waals surface area contributed by atoms with Crippen LogP contribution in [0.15, 0.2) is 0 Å². The number of nitrogens with two attached hydrogens (primary N) is 1. The second-order valence-corrected chi connectivity index (χ2v) is 4.47. The van der Waals surface area contributed by atoms with Crippen molar-refractivity contribution >= 4 is 5.69 Å². The lowest BCUT2D eigenvalue weighted by Gasteiger charge is -2.18. The van der Waals surface area contributed by atoms with Crippen LogP contribution in [0.5, 0.6) is 0 Å². The minimum absolute atomic E-state index is 0.113. The summed E-state index contributed by atoms with van der Waals surface area (Å²) in [6, 6.07) is 0. The average Bonchev–Trinajstić information content (AvgIpc) is 2.33. The fourth-order valence-electron chi connectivity index (χ4n) is 1.32. The number of hydrogen-bond donors (Lipinski definition) is 3. The van der Waals surface area contributed by atoms with E-state index in [1.54, 1.807) is 0 Å². The molecule has 1 heterocycles. The van der Waals surface area contributed by atoms with Crippen LogP contribution in [0, 0.1) is 13.8 Å². The van der Waals surface area contributed by atoms with Gasteiger partial charge in [0.05, 0.1) is 17.1 Å². The summed E-state index contributed by atoms with van der Waals surface area (Å²) < 4.78 is 0. The highest BCUT2D eigenvalue weighted by Gasteiger charge is 2.11. The maximum absolute atomic E-state index is 5.89. The number of nitrogens with zero attached hydrogens (tertiary/aromatic N) is 1. The number of anilines is 1. The molecule has 0 aliphatic heterocycles. The van der Waals surface area contributed by atoms with Gasteiger partial charge in [-0.25, -0.2) is 0 Å². The molecule has 4 N–H and O–H groups in total. The number of aromatic nitrogens is 2. The van der Waals surface area contributed by atoms with Gasteiger partial charge in [0.1, 0.15) is 0 Å². The van der Waals surface area contributed by atoms with E-state index < -0.39 is 0 Å². The van der Waals surface area contributed by atoms with Crippen molar-refractivity contribution in [2.75, 3.05) is 11.9 Å². The molecular formula is C10H20N4. The number of H-pyrrole nitrogens is 1. The number of hydrogen-bond acceptors (Lipinski definition) is 3. The van der Waals surface area contributed by atoms with Crippen LogP contribution in [-0.2, 0) is 0 Å². The van der Waals surface area contributed by atoms with Crippen LogP contribution in [0.4, 0.5) is 5.69 Å². The van der Waals surface area contributed by atoms with Crippen molar-refractivity contribution in [1.82, 2.24) is 10.2 Å². The van der Waals surface area contributed by atoms with E-state index >= 15 is 0 Å². The Morgan fingerprint density at radius 3 is 2.50 bits per heavy atom. The van der Waals surface area contributed by atoms with Crippen LogP contribution in [0.2, 0.25) is 0 Å². The van der Waals surface area contributed by atoms with Crippen LogP contribution in [0.1, 0.15) is 31.7 Å². The Kier molecular flexibility index (Phi) is 3.16. The first-order valence-electron chi connectivity index (χ1n) is 4.94. The van der Waals surface area contributed by atoms with Crippen molar-refractivity contribution in [3.8, 4) is 0 Å². The van der Waals surface area contributed by atoms with Gasteiger partial charge in [0.15, 0.2) is 0 Å². The van der Waals surface area contributed by atoms with Crippen LogP contribution < -0.4 is 11.1 Å². The summed E-state index contributed by atoms with van der Waals surface area (Å²) in [6.45, 7) is 8.94. The smallest absolute Gasteiger partial charge is 0.0825 e. The molecule has 4 nitrogen and oxygen atoms in total. The fourth-order valence-corrected chi connectivity index (χ4v) is 1.32. The van der Waals surface area contributed by atoms with Crippen LogP contribution >= 0.6 is 0 Å². The van der Waals surface area contributed by atoms with E-state index in [1.165, 1.54) is 0 Å². The molecule has 1 aromatic rings. The quantitative estimate of drug-likeness (QED) is 0.684. The molecule has 0 amide bonds. The van der Waals surface area contributed by atoms with Crippen LogP contribution in [0.3, 0.4) is 0 Å². The van der Waals surface area contributed by atoms with Crippen LogP contribution in [0.25, 0.3) is 0 Å².